The van der Waals surface area contributed by atoms with Crippen molar-refractivity contribution in [3.05, 3.63) is 50.9 Å². The molecule has 4 heterocycles. The number of fused-ring (bicyclic) bond motifs is 1. The van der Waals surface area contributed by atoms with E-state index in [-0.39, 0.29) is 25.2 Å². The summed E-state index contributed by atoms with van der Waals surface area (Å²) in [6.07, 6.45) is 2.62. The van der Waals surface area contributed by atoms with E-state index in [1.807, 2.05) is 0 Å². The Labute approximate surface area is 163 Å². The maximum Gasteiger partial charge on any atom is 0.328 e. The monoisotopic (exact) mass is 401 g/mol. The Morgan fingerprint density at radius 3 is 3.14 bits per heavy atom. The van der Waals surface area contributed by atoms with Gasteiger partial charge in [-0.25, -0.2) is 9.78 Å². The van der Waals surface area contributed by atoms with Gasteiger partial charge in [-0.3, -0.25) is 19.1 Å². The molecule has 12 heteroatoms. The Hall–Kier alpha value is -3.54. The number of pyridine rings is 1. The van der Waals surface area contributed by atoms with Gasteiger partial charge in [-0.15, -0.1) is 5.10 Å². The topological polar surface area (TPSA) is 137 Å². The molecular formula is C17H19N7O5. The molecule has 12 nitrogen and oxygen atoms in total. The Morgan fingerprint density at radius 2 is 2.28 bits per heavy atom. The standard InChI is InChI=1S/C17H19N7O5/c1-11-7-23(17(27)19-16(11)26)9-14(25)22-5-6-28-12(8-22)10-29-24-15-13(20-21-24)3-2-4-18-15/h2-4,7,12H,5-6,8-10H2,1H3,(H,19,26,27). The Balaban J connectivity index is 1.38. The molecule has 152 valence electrons. The molecule has 1 aliphatic rings. The maximum absolute atomic E-state index is 12.6. The zero-order valence-corrected chi connectivity index (χ0v) is 15.6. The molecule has 1 aliphatic heterocycles. The second-order valence-corrected chi connectivity index (χ2v) is 6.64. The fraction of sp³-hybridized carbons (Fsp3) is 0.412. The number of hydrogen-bond donors (Lipinski definition) is 1. The van der Waals surface area contributed by atoms with Crippen molar-refractivity contribution < 1.29 is 14.4 Å². The normalized spacial score (nSPS) is 16.9. The largest absolute Gasteiger partial charge is 0.391 e. The van der Waals surface area contributed by atoms with E-state index in [0.29, 0.717) is 36.4 Å². The number of nitrogens with zero attached hydrogens (tertiary/aromatic N) is 6. The number of nitrogens with one attached hydrogen (secondary N) is 1. The fourth-order valence-corrected chi connectivity index (χ4v) is 3.01. The molecule has 1 fully saturated rings. The lowest BCUT2D eigenvalue weighted by Crippen LogP contribution is -2.49. The highest BCUT2D eigenvalue weighted by atomic mass is 16.7. The first kappa shape index (κ1) is 18.8. The quantitative estimate of drug-likeness (QED) is 0.536. The minimum Gasteiger partial charge on any atom is -0.391 e. The van der Waals surface area contributed by atoms with Gasteiger partial charge in [-0.1, -0.05) is 4.85 Å². The van der Waals surface area contributed by atoms with Crippen LogP contribution in [0.4, 0.5) is 0 Å². The third-order valence-corrected chi connectivity index (χ3v) is 4.55. The summed E-state index contributed by atoms with van der Waals surface area (Å²) in [7, 11) is 0. The summed E-state index contributed by atoms with van der Waals surface area (Å²) in [5, 5.41) is 7.85. The van der Waals surface area contributed by atoms with Crippen LogP contribution in [0.5, 0.6) is 0 Å². The average Bonchev–Trinajstić information content (AvgIpc) is 3.14. The zero-order chi connectivity index (χ0) is 20.4. The van der Waals surface area contributed by atoms with E-state index in [0.717, 1.165) is 0 Å². The Morgan fingerprint density at radius 1 is 1.41 bits per heavy atom. The van der Waals surface area contributed by atoms with E-state index in [1.54, 1.807) is 30.2 Å². The summed E-state index contributed by atoms with van der Waals surface area (Å²) in [4.78, 5) is 50.8. The van der Waals surface area contributed by atoms with Gasteiger partial charge in [-0.2, -0.15) is 0 Å². The number of aryl methyl sites for hydroxylation is 1. The Kier molecular flexibility index (Phi) is 5.08. The molecule has 0 saturated carbocycles. The van der Waals surface area contributed by atoms with Crippen LogP contribution in [0.1, 0.15) is 5.56 Å². The second kappa shape index (κ2) is 7.83. The van der Waals surface area contributed by atoms with E-state index in [1.165, 1.54) is 15.6 Å². The number of rotatable bonds is 5. The summed E-state index contributed by atoms with van der Waals surface area (Å²) >= 11 is 0. The lowest BCUT2D eigenvalue weighted by molar-refractivity contribution is -0.142. The van der Waals surface area contributed by atoms with E-state index >= 15 is 0 Å². The van der Waals surface area contributed by atoms with Gasteiger partial charge in [0.25, 0.3) is 5.56 Å². The van der Waals surface area contributed by atoms with Crippen LogP contribution in [0, 0.1) is 6.92 Å². The lowest BCUT2D eigenvalue weighted by Gasteiger charge is -2.32. The van der Waals surface area contributed by atoms with E-state index < -0.39 is 11.2 Å². The van der Waals surface area contributed by atoms with Crippen LogP contribution in [0.25, 0.3) is 11.2 Å². The first-order valence-electron chi connectivity index (χ1n) is 9.01. The number of H-pyrrole nitrogens is 1. The van der Waals surface area contributed by atoms with Gasteiger partial charge >= 0.3 is 5.69 Å². The molecular weight excluding hydrogens is 382 g/mol. The summed E-state index contributed by atoms with van der Waals surface area (Å²) in [5.74, 6) is -0.250. The van der Waals surface area contributed by atoms with Crippen molar-refractivity contribution in [1.82, 2.24) is 34.6 Å². The molecule has 0 spiro atoms. The van der Waals surface area contributed by atoms with Crippen molar-refractivity contribution >= 4 is 17.1 Å². The summed E-state index contributed by atoms with van der Waals surface area (Å²) in [5.41, 5.74) is 0.379. The molecule has 3 aromatic heterocycles. The highest BCUT2D eigenvalue weighted by Crippen LogP contribution is 2.08. The molecule has 1 saturated heterocycles. The van der Waals surface area contributed by atoms with Crippen LogP contribution < -0.4 is 16.1 Å². The van der Waals surface area contributed by atoms with Gasteiger partial charge in [0.2, 0.25) is 11.6 Å². The molecule has 0 aromatic carbocycles. The predicted molar refractivity (Wildman–Crippen MR) is 99.1 cm³/mol. The smallest absolute Gasteiger partial charge is 0.328 e. The fourth-order valence-electron chi connectivity index (χ4n) is 3.01. The third kappa shape index (κ3) is 4.01. The highest BCUT2D eigenvalue weighted by Gasteiger charge is 2.25. The van der Waals surface area contributed by atoms with Crippen molar-refractivity contribution in [2.75, 3.05) is 26.3 Å². The van der Waals surface area contributed by atoms with E-state index in [9.17, 15) is 14.4 Å². The predicted octanol–water partition coefficient (Wildman–Crippen LogP) is -1.66. The molecule has 0 radical (unpaired) electrons. The van der Waals surface area contributed by atoms with Gasteiger partial charge in [0, 0.05) is 24.5 Å². The van der Waals surface area contributed by atoms with Crippen LogP contribution in [0.15, 0.2) is 34.1 Å². The number of ether oxygens (including phenoxy) is 1. The SMILES string of the molecule is Cc1cn(CC(=O)N2CCOC(COn3nnc4cccnc43)C2)c(=O)[nH]c1=O. The molecule has 0 bridgehead atoms. The molecule has 1 N–H and O–H groups in total. The first-order chi connectivity index (χ1) is 14.0. The highest BCUT2D eigenvalue weighted by molar-refractivity contribution is 5.76. The van der Waals surface area contributed by atoms with Crippen molar-refractivity contribution in [2.24, 2.45) is 0 Å². The number of aromatic nitrogens is 6. The van der Waals surface area contributed by atoms with Gasteiger partial charge in [0.05, 0.1) is 13.2 Å². The number of amides is 1. The van der Waals surface area contributed by atoms with Crippen LogP contribution in [-0.4, -0.2) is 72.9 Å². The minimum absolute atomic E-state index is 0.149. The van der Waals surface area contributed by atoms with E-state index in [4.69, 9.17) is 9.57 Å². The van der Waals surface area contributed by atoms with Gasteiger partial charge in [-0.05, 0) is 24.3 Å². The molecule has 1 amide bonds. The number of carbonyl (C=O) groups excluding carboxylic acids is 1. The summed E-state index contributed by atoms with van der Waals surface area (Å²) < 4.78 is 6.85. The zero-order valence-electron chi connectivity index (χ0n) is 15.6. The van der Waals surface area contributed by atoms with Gasteiger partial charge in [0.1, 0.15) is 24.8 Å². The van der Waals surface area contributed by atoms with Crippen LogP contribution in [0.3, 0.4) is 0 Å². The molecule has 0 aliphatic carbocycles. The average molecular weight is 401 g/mol. The molecule has 4 rings (SSSR count). The van der Waals surface area contributed by atoms with Crippen molar-refractivity contribution in [3.63, 3.8) is 0 Å². The number of aromatic amines is 1. The Bertz CT molecular complexity index is 1150. The number of carbonyl (C=O) groups is 1. The second-order valence-electron chi connectivity index (χ2n) is 6.64. The molecule has 1 unspecified atom stereocenters. The minimum atomic E-state index is -0.618. The number of hydrogen-bond acceptors (Lipinski definition) is 8. The van der Waals surface area contributed by atoms with Crippen LogP contribution >= 0.6 is 0 Å². The summed E-state index contributed by atoms with van der Waals surface area (Å²) in [6.45, 7) is 2.61. The molecule has 3 aromatic rings. The van der Waals surface area contributed by atoms with Crippen molar-refractivity contribution in [2.45, 2.75) is 19.6 Å². The van der Waals surface area contributed by atoms with E-state index in [2.05, 4.69) is 20.3 Å². The van der Waals surface area contributed by atoms with Crippen molar-refractivity contribution in [3.8, 4) is 0 Å². The van der Waals surface area contributed by atoms with Crippen LogP contribution in [0.2, 0.25) is 0 Å². The van der Waals surface area contributed by atoms with Gasteiger partial charge in [0.15, 0.2) is 0 Å². The summed E-state index contributed by atoms with van der Waals surface area (Å²) in [6, 6.07) is 3.53. The maximum atomic E-state index is 12.6. The molecule has 29 heavy (non-hydrogen) atoms. The first-order valence-corrected chi connectivity index (χ1v) is 9.01. The number of morpholine rings is 1. The molecule has 1 atom stereocenters. The lowest BCUT2D eigenvalue weighted by atomic mass is 10.2. The third-order valence-electron chi connectivity index (χ3n) is 4.55. The van der Waals surface area contributed by atoms with Crippen LogP contribution in [-0.2, 0) is 16.1 Å². The van der Waals surface area contributed by atoms with Gasteiger partial charge < -0.3 is 14.5 Å². The van der Waals surface area contributed by atoms with Crippen molar-refractivity contribution in [1.29, 1.82) is 0 Å².